The molecule has 0 aliphatic heterocycles. The molecule has 0 heterocycles. The number of rotatable bonds is 4. The summed E-state index contributed by atoms with van der Waals surface area (Å²) in [7, 11) is 0. The van der Waals surface area contributed by atoms with Gasteiger partial charge in [-0.15, -0.1) is 0 Å². The first kappa shape index (κ1) is 32.0. The van der Waals surface area contributed by atoms with Crippen LogP contribution in [0, 0.1) is 0 Å². The van der Waals surface area contributed by atoms with E-state index in [9.17, 15) is 0 Å². The van der Waals surface area contributed by atoms with Gasteiger partial charge in [0.05, 0.1) is 16.8 Å². The lowest BCUT2D eigenvalue weighted by Gasteiger charge is -2.32. The van der Waals surface area contributed by atoms with Crippen molar-refractivity contribution >= 4 is 43.7 Å². The number of hydrogen-bond acceptors (Lipinski definition) is 2. The van der Waals surface area contributed by atoms with Crippen molar-refractivity contribution in [3.8, 4) is 33.4 Å². The van der Waals surface area contributed by atoms with Crippen LogP contribution in [0.15, 0.2) is 176 Å². The maximum Gasteiger partial charge on any atom is 0.0731 e. The molecule has 54 heavy (non-hydrogen) atoms. The fraction of sp³-hybridized carbons (Fsp3) is 0.0769. The second kappa shape index (κ2) is 12.5. The number of nitrogens with two attached hydrogens (primary N) is 1. The summed E-state index contributed by atoms with van der Waals surface area (Å²) in [5, 5.41) is 11.3. The highest BCUT2D eigenvalue weighted by Gasteiger charge is 2.53. The smallest absolute Gasteiger partial charge is 0.0731 e. The monoisotopic (exact) mass is 692 g/mol. The Hall–Kier alpha value is -6.64. The van der Waals surface area contributed by atoms with Gasteiger partial charge < -0.3 is 11.1 Å². The molecule has 2 aliphatic rings. The lowest BCUT2D eigenvalue weighted by Crippen LogP contribution is -2.26. The maximum atomic E-state index is 6.21. The van der Waals surface area contributed by atoms with Crippen LogP contribution in [0.5, 0.6) is 0 Å². The van der Waals surface area contributed by atoms with Crippen LogP contribution in [0.1, 0.15) is 41.7 Å². The molecule has 2 aliphatic carbocycles. The third-order valence-corrected chi connectivity index (χ3v) is 11.6. The molecule has 11 rings (SSSR count). The van der Waals surface area contributed by atoms with Gasteiger partial charge in [-0.3, -0.25) is 0 Å². The SMILES string of the molecule is CC.Nc1ccccc1NCc1cccc(-c2ccc3cc4c(cc3c2)C2(c3ccccc3-c3ccccc32)c2c-4c3ccccc3c3ccccc23)c1. The van der Waals surface area contributed by atoms with Crippen molar-refractivity contribution in [2.45, 2.75) is 25.8 Å². The number of benzene rings is 9. The van der Waals surface area contributed by atoms with Gasteiger partial charge in [-0.25, -0.2) is 0 Å². The second-order valence-electron chi connectivity index (χ2n) is 14.3. The number of para-hydroxylation sites is 2. The fourth-order valence-corrected chi connectivity index (χ4v) is 9.45. The van der Waals surface area contributed by atoms with Crippen molar-refractivity contribution in [3.63, 3.8) is 0 Å². The first-order chi connectivity index (χ1) is 26.7. The summed E-state index contributed by atoms with van der Waals surface area (Å²) in [5.41, 5.74) is 22.0. The van der Waals surface area contributed by atoms with Gasteiger partial charge in [0.2, 0.25) is 0 Å². The van der Waals surface area contributed by atoms with Gasteiger partial charge in [-0.1, -0.05) is 153 Å². The van der Waals surface area contributed by atoms with Crippen LogP contribution in [0.2, 0.25) is 0 Å². The Morgan fingerprint density at radius 1 is 0.463 bits per heavy atom. The Balaban J connectivity index is 0.00000178. The van der Waals surface area contributed by atoms with Crippen LogP contribution in [0.3, 0.4) is 0 Å². The van der Waals surface area contributed by atoms with Crippen LogP contribution in [-0.2, 0) is 12.0 Å². The van der Waals surface area contributed by atoms with Crippen LogP contribution >= 0.6 is 0 Å². The Kier molecular flexibility index (Phi) is 7.42. The van der Waals surface area contributed by atoms with E-state index < -0.39 is 5.41 Å². The minimum Gasteiger partial charge on any atom is -0.397 e. The average molecular weight is 693 g/mol. The summed E-state index contributed by atoms with van der Waals surface area (Å²) in [6.45, 7) is 4.70. The highest BCUT2D eigenvalue weighted by molar-refractivity contribution is 6.20. The number of hydrogen-bond donors (Lipinski definition) is 2. The van der Waals surface area contributed by atoms with Crippen molar-refractivity contribution < 1.29 is 0 Å². The first-order valence-electron chi connectivity index (χ1n) is 19.1. The zero-order valence-electron chi connectivity index (χ0n) is 30.5. The van der Waals surface area contributed by atoms with Crippen molar-refractivity contribution in [1.82, 2.24) is 0 Å². The van der Waals surface area contributed by atoms with Crippen molar-refractivity contribution in [2.24, 2.45) is 0 Å². The Morgan fingerprint density at radius 3 is 1.81 bits per heavy atom. The Labute approximate surface area is 316 Å². The normalized spacial score (nSPS) is 12.9. The van der Waals surface area contributed by atoms with Crippen LogP contribution in [-0.4, -0.2) is 0 Å². The lowest BCUT2D eigenvalue weighted by atomic mass is 9.69. The summed E-state index contributed by atoms with van der Waals surface area (Å²) >= 11 is 0. The van der Waals surface area contributed by atoms with E-state index in [0.29, 0.717) is 6.54 Å². The molecule has 0 saturated heterocycles. The molecule has 258 valence electrons. The number of anilines is 2. The Bertz CT molecular complexity index is 2890. The standard InChI is InChI=1S/C50H34N2.C2H6/c51-46-22-9-10-23-47(46)52-30-31-12-11-13-32(26-31)33-24-25-34-28-42-45(29-35(34)27-33)50(43-20-7-5-16-38(43)39-17-6-8-21-44(39)50)49-41-19-4-2-15-37(41)36-14-1-3-18-40(36)48(42)49;1-2/h1-29,52H,30,51H2;1-2H3. The molecule has 0 aromatic heterocycles. The third-order valence-electron chi connectivity index (χ3n) is 11.6. The van der Waals surface area contributed by atoms with Crippen LogP contribution < -0.4 is 11.1 Å². The average Bonchev–Trinajstić information content (AvgIpc) is 3.70. The largest absolute Gasteiger partial charge is 0.397 e. The fourth-order valence-electron chi connectivity index (χ4n) is 9.45. The van der Waals surface area contributed by atoms with Crippen LogP contribution in [0.4, 0.5) is 11.4 Å². The predicted molar refractivity (Wildman–Crippen MR) is 230 cm³/mol. The molecule has 2 nitrogen and oxygen atoms in total. The molecule has 0 radical (unpaired) electrons. The van der Waals surface area contributed by atoms with Gasteiger partial charge >= 0.3 is 0 Å². The van der Waals surface area contributed by atoms with E-state index in [1.54, 1.807) is 0 Å². The molecule has 0 bridgehead atoms. The summed E-state index contributed by atoms with van der Waals surface area (Å²) in [6.07, 6.45) is 0. The molecule has 9 aromatic rings. The molecule has 9 aromatic carbocycles. The first-order valence-corrected chi connectivity index (χ1v) is 19.1. The molecular weight excluding hydrogens is 653 g/mol. The molecule has 0 unspecified atom stereocenters. The molecule has 0 amide bonds. The third kappa shape index (κ3) is 4.53. The van der Waals surface area contributed by atoms with E-state index in [-0.39, 0.29) is 0 Å². The zero-order valence-corrected chi connectivity index (χ0v) is 30.5. The van der Waals surface area contributed by atoms with Gasteiger partial charge in [-0.05, 0) is 130 Å². The topological polar surface area (TPSA) is 38.0 Å². The summed E-state index contributed by atoms with van der Waals surface area (Å²) in [4.78, 5) is 0. The van der Waals surface area contributed by atoms with E-state index in [0.717, 1.165) is 11.4 Å². The molecule has 2 heteroatoms. The van der Waals surface area contributed by atoms with Gasteiger partial charge in [0.25, 0.3) is 0 Å². The van der Waals surface area contributed by atoms with Crippen molar-refractivity contribution in [3.05, 3.63) is 204 Å². The predicted octanol–water partition coefficient (Wildman–Crippen LogP) is 13.4. The molecule has 0 fully saturated rings. The minimum absolute atomic E-state index is 0.448. The van der Waals surface area contributed by atoms with E-state index >= 15 is 0 Å². The Morgan fingerprint density at radius 2 is 1.07 bits per heavy atom. The van der Waals surface area contributed by atoms with Gasteiger partial charge in [0, 0.05) is 6.54 Å². The number of nitrogens with one attached hydrogen (secondary N) is 1. The molecule has 0 saturated carbocycles. The van der Waals surface area contributed by atoms with Crippen LogP contribution in [0.25, 0.3) is 65.7 Å². The van der Waals surface area contributed by atoms with E-state index in [2.05, 4.69) is 157 Å². The second-order valence-corrected chi connectivity index (χ2v) is 14.3. The number of fused-ring (bicyclic) bond motifs is 16. The van der Waals surface area contributed by atoms with E-state index in [4.69, 9.17) is 5.73 Å². The van der Waals surface area contributed by atoms with Gasteiger partial charge in [-0.2, -0.15) is 0 Å². The lowest BCUT2D eigenvalue weighted by molar-refractivity contribution is 0.803. The summed E-state index contributed by atoms with van der Waals surface area (Å²) < 4.78 is 0. The number of nitrogen functional groups attached to an aromatic ring is 1. The van der Waals surface area contributed by atoms with E-state index in [1.165, 1.54) is 93.5 Å². The van der Waals surface area contributed by atoms with Crippen molar-refractivity contribution in [1.29, 1.82) is 0 Å². The highest BCUT2D eigenvalue weighted by Crippen LogP contribution is 2.65. The highest BCUT2D eigenvalue weighted by atomic mass is 14.9. The van der Waals surface area contributed by atoms with E-state index in [1.807, 2.05) is 38.1 Å². The molecular formula is C52H40N2. The minimum atomic E-state index is -0.448. The molecule has 0 atom stereocenters. The summed E-state index contributed by atoms with van der Waals surface area (Å²) in [5.74, 6) is 0. The molecule has 3 N–H and O–H groups in total. The maximum absolute atomic E-state index is 6.21. The van der Waals surface area contributed by atoms with Crippen molar-refractivity contribution in [2.75, 3.05) is 11.1 Å². The zero-order chi connectivity index (χ0) is 36.4. The molecule has 1 spiro atoms. The van der Waals surface area contributed by atoms with Gasteiger partial charge in [0.1, 0.15) is 0 Å². The van der Waals surface area contributed by atoms with Gasteiger partial charge in [0.15, 0.2) is 0 Å². The summed E-state index contributed by atoms with van der Waals surface area (Å²) in [6, 6.07) is 65.0. The quantitative estimate of drug-likeness (QED) is 0.142.